The van der Waals surface area contributed by atoms with Crippen LogP contribution in [-0.2, 0) is 11.3 Å². The Morgan fingerprint density at radius 3 is 3.24 bits per heavy atom. The Morgan fingerprint density at radius 1 is 1.76 bits per heavy atom. The minimum absolute atomic E-state index is 0.0941. The number of carbonyl (C=O) groups is 1. The molecular formula is C11H16N2O3S. The van der Waals surface area contributed by atoms with E-state index in [0.29, 0.717) is 6.54 Å². The van der Waals surface area contributed by atoms with Gasteiger partial charge in [-0.05, 0) is 6.92 Å². The van der Waals surface area contributed by atoms with Gasteiger partial charge >= 0.3 is 5.97 Å². The lowest BCUT2D eigenvalue weighted by molar-refractivity contribution is -0.138. The number of aliphatic carboxylic acids is 1. The van der Waals surface area contributed by atoms with Crippen molar-refractivity contribution in [2.24, 2.45) is 0 Å². The monoisotopic (exact) mass is 256 g/mol. The van der Waals surface area contributed by atoms with Crippen LogP contribution in [0.5, 0.6) is 0 Å². The lowest BCUT2D eigenvalue weighted by Gasteiger charge is -2.33. The molecular weight excluding hydrogens is 240 g/mol. The van der Waals surface area contributed by atoms with E-state index in [9.17, 15) is 4.79 Å². The Morgan fingerprint density at radius 2 is 2.59 bits per heavy atom. The van der Waals surface area contributed by atoms with E-state index in [4.69, 9.17) is 9.63 Å². The van der Waals surface area contributed by atoms with E-state index in [0.717, 1.165) is 29.5 Å². The number of aromatic nitrogens is 1. The predicted molar refractivity (Wildman–Crippen MR) is 65.0 cm³/mol. The fraction of sp³-hybridized carbons (Fsp3) is 0.636. The van der Waals surface area contributed by atoms with Crippen LogP contribution in [0, 0.1) is 6.92 Å². The van der Waals surface area contributed by atoms with E-state index >= 15 is 0 Å². The van der Waals surface area contributed by atoms with Crippen LogP contribution >= 0.6 is 11.8 Å². The van der Waals surface area contributed by atoms with Crippen LogP contribution < -0.4 is 0 Å². The third kappa shape index (κ3) is 3.47. The van der Waals surface area contributed by atoms with E-state index in [1.54, 1.807) is 0 Å². The molecule has 2 rings (SSSR count). The first-order chi connectivity index (χ1) is 8.15. The molecule has 0 aromatic carbocycles. The van der Waals surface area contributed by atoms with E-state index in [1.165, 1.54) is 0 Å². The summed E-state index contributed by atoms with van der Waals surface area (Å²) >= 11 is 1.81. The first kappa shape index (κ1) is 12.4. The molecule has 1 aromatic rings. The molecule has 0 saturated carbocycles. The Bertz CT molecular complexity index is 394. The Hall–Kier alpha value is -1.01. The highest BCUT2D eigenvalue weighted by Gasteiger charge is 2.25. The number of thioether (sulfide) groups is 1. The van der Waals surface area contributed by atoms with Crippen molar-refractivity contribution in [1.29, 1.82) is 0 Å². The smallest absolute Gasteiger partial charge is 0.304 e. The molecule has 0 radical (unpaired) electrons. The first-order valence-corrected chi connectivity index (χ1v) is 6.76. The summed E-state index contributed by atoms with van der Waals surface area (Å²) in [6.45, 7) is 3.44. The minimum atomic E-state index is -0.740. The number of nitrogens with zero attached hydrogens (tertiary/aromatic N) is 2. The predicted octanol–water partition coefficient (Wildman–Crippen LogP) is 1.38. The number of hydrogen-bond donors (Lipinski definition) is 1. The first-order valence-electron chi connectivity index (χ1n) is 5.61. The fourth-order valence-electron chi connectivity index (χ4n) is 1.98. The number of carboxylic acid groups (broad SMARTS) is 1. The Kier molecular flexibility index (Phi) is 4.06. The minimum Gasteiger partial charge on any atom is -0.481 e. The van der Waals surface area contributed by atoms with Crippen molar-refractivity contribution in [2.75, 3.05) is 18.1 Å². The number of aryl methyl sites for hydroxylation is 1. The summed E-state index contributed by atoms with van der Waals surface area (Å²) in [4.78, 5) is 13.0. The van der Waals surface area contributed by atoms with E-state index < -0.39 is 5.97 Å². The van der Waals surface area contributed by atoms with Gasteiger partial charge in [0, 0.05) is 30.2 Å². The lowest BCUT2D eigenvalue weighted by atomic mass is 10.2. The molecule has 1 fully saturated rings. The highest BCUT2D eigenvalue weighted by Crippen LogP contribution is 2.21. The van der Waals surface area contributed by atoms with E-state index in [1.807, 2.05) is 24.8 Å². The normalized spacial score (nSPS) is 21.6. The van der Waals surface area contributed by atoms with Crippen molar-refractivity contribution in [2.45, 2.75) is 25.9 Å². The van der Waals surface area contributed by atoms with Gasteiger partial charge in [0.25, 0.3) is 0 Å². The highest BCUT2D eigenvalue weighted by molar-refractivity contribution is 7.99. The summed E-state index contributed by atoms with van der Waals surface area (Å²) in [5.41, 5.74) is 0.862. The van der Waals surface area contributed by atoms with Crippen LogP contribution in [0.3, 0.4) is 0 Å². The van der Waals surface area contributed by atoms with Crippen LogP contribution in [-0.4, -0.2) is 45.2 Å². The quantitative estimate of drug-likeness (QED) is 0.877. The number of carboxylic acids is 1. The van der Waals surface area contributed by atoms with Gasteiger partial charge in [0.15, 0.2) is 5.76 Å². The maximum Gasteiger partial charge on any atom is 0.304 e. The molecule has 1 atom stereocenters. The highest BCUT2D eigenvalue weighted by atomic mass is 32.2. The van der Waals surface area contributed by atoms with Crippen LogP contribution in [0.25, 0.3) is 0 Å². The van der Waals surface area contributed by atoms with Crippen LogP contribution in [0.2, 0.25) is 0 Å². The molecule has 1 aromatic heterocycles. The zero-order chi connectivity index (χ0) is 12.3. The molecule has 0 amide bonds. The van der Waals surface area contributed by atoms with Gasteiger partial charge in [-0.1, -0.05) is 5.16 Å². The zero-order valence-electron chi connectivity index (χ0n) is 9.76. The number of rotatable bonds is 4. The second-order valence-electron chi connectivity index (χ2n) is 4.23. The third-order valence-corrected chi connectivity index (χ3v) is 3.89. The second-order valence-corrected chi connectivity index (χ2v) is 5.38. The van der Waals surface area contributed by atoms with Crippen LogP contribution in [0.1, 0.15) is 17.9 Å². The van der Waals surface area contributed by atoms with E-state index in [2.05, 4.69) is 10.1 Å². The van der Waals surface area contributed by atoms with Gasteiger partial charge in [-0.25, -0.2) is 0 Å². The van der Waals surface area contributed by atoms with Gasteiger partial charge in [-0.3, -0.25) is 9.69 Å². The lowest BCUT2D eigenvalue weighted by Crippen LogP contribution is -2.42. The van der Waals surface area contributed by atoms with Gasteiger partial charge in [0.2, 0.25) is 0 Å². The molecule has 6 heteroatoms. The summed E-state index contributed by atoms with van der Waals surface area (Å²) in [6.07, 6.45) is 0.195. The molecule has 5 nitrogen and oxygen atoms in total. The molecule has 1 saturated heterocycles. The van der Waals surface area contributed by atoms with Crippen LogP contribution in [0.4, 0.5) is 0 Å². The van der Waals surface area contributed by atoms with Gasteiger partial charge in [0.1, 0.15) is 0 Å². The van der Waals surface area contributed by atoms with Gasteiger partial charge < -0.3 is 9.63 Å². The van der Waals surface area contributed by atoms with E-state index in [-0.39, 0.29) is 12.5 Å². The summed E-state index contributed by atoms with van der Waals surface area (Å²) in [6, 6.07) is 2.00. The van der Waals surface area contributed by atoms with Crippen molar-refractivity contribution < 1.29 is 14.4 Å². The SMILES string of the molecule is Cc1cc(CN2CCSCC2CC(=O)O)on1. The van der Waals surface area contributed by atoms with Crippen molar-refractivity contribution >= 4 is 17.7 Å². The summed E-state index contributed by atoms with van der Waals surface area (Å²) in [5.74, 6) is 1.99. The average molecular weight is 256 g/mol. The Labute approximate surface area is 104 Å². The molecule has 0 aliphatic carbocycles. The molecule has 17 heavy (non-hydrogen) atoms. The van der Waals surface area contributed by atoms with Gasteiger partial charge in [-0.15, -0.1) is 0 Å². The molecule has 94 valence electrons. The van der Waals surface area contributed by atoms with Crippen molar-refractivity contribution in [3.63, 3.8) is 0 Å². The molecule has 2 heterocycles. The van der Waals surface area contributed by atoms with Crippen molar-refractivity contribution in [3.05, 3.63) is 17.5 Å². The topological polar surface area (TPSA) is 66.6 Å². The maximum atomic E-state index is 10.8. The fourth-order valence-corrected chi connectivity index (χ4v) is 3.11. The summed E-state index contributed by atoms with van der Waals surface area (Å²) < 4.78 is 5.17. The molecule has 1 aliphatic heterocycles. The second kappa shape index (κ2) is 5.55. The summed E-state index contributed by atoms with van der Waals surface area (Å²) in [7, 11) is 0. The standard InChI is InChI=1S/C11H16N2O3S/c1-8-4-10(16-12-8)6-13-2-3-17-7-9(13)5-11(14)15/h4,9H,2-3,5-7H2,1H3,(H,14,15). The summed E-state index contributed by atoms with van der Waals surface area (Å²) in [5, 5.41) is 12.7. The molecule has 1 aliphatic rings. The van der Waals surface area contributed by atoms with Crippen molar-refractivity contribution in [1.82, 2.24) is 10.1 Å². The van der Waals surface area contributed by atoms with Gasteiger partial charge in [-0.2, -0.15) is 11.8 Å². The molecule has 0 spiro atoms. The Balaban J connectivity index is 1.98. The molecule has 1 N–H and O–H groups in total. The molecule has 1 unspecified atom stereocenters. The van der Waals surface area contributed by atoms with Gasteiger partial charge in [0.05, 0.1) is 18.7 Å². The average Bonchev–Trinajstić information content (AvgIpc) is 2.66. The zero-order valence-corrected chi connectivity index (χ0v) is 10.6. The van der Waals surface area contributed by atoms with Crippen LogP contribution in [0.15, 0.2) is 10.6 Å². The van der Waals surface area contributed by atoms with Crippen molar-refractivity contribution in [3.8, 4) is 0 Å². The third-order valence-electron chi connectivity index (χ3n) is 2.80. The largest absolute Gasteiger partial charge is 0.481 e. The maximum absolute atomic E-state index is 10.8. The molecule has 0 bridgehead atoms. The number of hydrogen-bond acceptors (Lipinski definition) is 5.